The second-order valence-electron chi connectivity index (χ2n) is 5.66. The number of thiophene rings is 2. The third kappa shape index (κ3) is 1.64. The number of rotatable bonds is 2. The third-order valence-corrected chi connectivity index (χ3v) is 6.59. The topological polar surface area (TPSA) is 12.9 Å². The minimum atomic E-state index is -0.285. The van der Waals surface area contributed by atoms with Crippen LogP contribution in [-0.4, -0.2) is 4.98 Å². The van der Waals surface area contributed by atoms with Gasteiger partial charge >= 0.3 is 0 Å². The summed E-state index contributed by atoms with van der Waals surface area (Å²) >= 11 is 3.67. The van der Waals surface area contributed by atoms with Crippen LogP contribution in [0.2, 0.25) is 0 Å². The van der Waals surface area contributed by atoms with Gasteiger partial charge in [-0.3, -0.25) is 4.98 Å². The highest BCUT2D eigenvalue weighted by atomic mass is 32.1. The van der Waals surface area contributed by atoms with E-state index in [0.29, 0.717) is 0 Å². The van der Waals surface area contributed by atoms with Crippen LogP contribution in [0.4, 0.5) is 0 Å². The number of benzene rings is 1. The van der Waals surface area contributed by atoms with E-state index in [1.165, 1.54) is 26.4 Å². The molecule has 0 radical (unpaired) electrons. The van der Waals surface area contributed by atoms with Gasteiger partial charge < -0.3 is 0 Å². The SMILES string of the molecule is c1ccc(C2(c3ccccn3)c3ccsc3-c3sccc32)cc1. The maximum atomic E-state index is 4.78. The molecule has 0 N–H and O–H groups in total. The van der Waals surface area contributed by atoms with E-state index >= 15 is 0 Å². The quantitative estimate of drug-likeness (QED) is 0.412. The Morgan fingerprint density at radius 1 is 0.696 bits per heavy atom. The van der Waals surface area contributed by atoms with E-state index < -0.39 is 0 Å². The Kier molecular flexibility index (Phi) is 2.81. The van der Waals surface area contributed by atoms with Crippen molar-refractivity contribution in [3.8, 4) is 9.75 Å². The van der Waals surface area contributed by atoms with Gasteiger partial charge in [-0.25, -0.2) is 0 Å². The van der Waals surface area contributed by atoms with Crippen LogP contribution in [-0.2, 0) is 5.41 Å². The van der Waals surface area contributed by atoms with Gasteiger partial charge in [0.15, 0.2) is 0 Å². The van der Waals surface area contributed by atoms with Crippen molar-refractivity contribution in [2.24, 2.45) is 0 Å². The van der Waals surface area contributed by atoms with Gasteiger partial charge in [0, 0.05) is 16.0 Å². The summed E-state index contributed by atoms with van der Waals surface area (Å²) in [7, 11) is 0. The summed E-state index contributed by atoms with van der Waals surface area (Å²) in [6, 6.07) is 21.5. The number of pyridine rings is 1. The molecule has 3 heteroatoms. The number of hydrogen-bond donors (Lipinski definition) is 0. The van der Waals surface area contributed by atoms with Crippen LogP contribution in [0.15, 0.2) is 77.6 Å². The first-order chi connectivity index (χ1) is 11.4. The summed E-state index contributed by atoms with van der Waals surface area (Å²) in [5.74, 6) is 0. The first kappa shape index (κ1) is 13.2. The number of fused-ring (bicyclic) bond motifs is 3. The van der Waals surface area contributed by atoms with Gasteiger partial charge in [0.05, 0.1) is 11.1 Å². The number of nitrogens with zero attached hydrogens (tertiary/aromatic N) is 1. The van der Waals surface area contributed by atoms with Crippen LogP contribution in [0, 0.1) is 0 Å². The Balaban J connectivity index is 1.96. The molecule has 0 amide bonds. The maximum absolute atomic E-state index is 4.78. The molecule has 0 bridgehead atoms. The van der Waals surface area contributed by atoms with Crippen molar-refractivity contribution in [2.75, 3.05) is 0 Å². The summed E-state index contributed by atoms with van der Waals surface area (Å²) < 4.78 is 0. The van der Waals surface area contributed by atoms with E-state index in [4.69, 9.17) is 4.98 Å². The Bertz CT molecular complexity index is 885. The summed E-state index contributed by atoms with van der Waals surface area (Å²) in [5.41, 5.74) is 4.84. The van der Waals surface area contributed by atoms with Gasteiger partial charge in [-0.2, -0.15) is 0 Å². The van der Waals surface area contributed by atoms with Gasteiger partial charge in [-0.1, -0.05) is 36.4 Å². The van der Waals surface area contributed by atoms with Crippen molar-refractivity contribution in [1.82, 2.24) is 4.98 Å². The fraction of sp³-hybridized carbons (Fsp3) is 0.0500. The second-order valence-corrected chi connectivity index (χ2v) is 7.49. The average Bonchev–Trinajstić information content (AvgIpc) is 3.30. The van der Waals surface area contributed by atoms with E-state index in [0.717, 1.165) is 5.69 Å². The molecule has 0 saturated carbocycles. The zero-order chi connectivity index (χ0) is 15.3. The lowest BCUT2D eigenvalue weighted by Gasteiger charge is -2.31. The molecular formula is C20H13NS2. The predicted octanol–water partition coefficient (Wildman–Crippen LogP) is 5.57. The highest BCUT2D eigenvalue weighted by Crippen LogP contribution is 2.58. The molecule has 3 heterocycles. The van der Waals surface area contributed by atoms with Crippen molar-refractivity contribution in [3.63, 3.8) is 0 Å². The van der Waals surface area contributed by atoms with Crippen LogP contribution in [0.1, 0.15) is 22.4 Å². The van der Waals surface area contributed by atoms with Crippen LogP contribution >= 0.6 is 22.7 Å². The van der Waals surface area contributed by atoms with Gasteiger partial charge in [-0.15, -0.1) is 22.7 Å². The zero-order valence-corrected chi connectivity index (χ0v) is 13.9. The van der Waals surface area contributed by atoms with Crippen molar-refractivity contribution in [3.05, 3.63) is 100 Å². The van der Waals surface area contributed by atoms with Crippen LogP contribution in [0.5, 0.6) is 0 Å². The molecule has 110 valence electrons. The second kappa shape index (κ2) is 4.88. The largest absolute Gasteiger partial charge is 0.260 e. The van der Waals surface area contributed by atoms with E-state index in [2.05, 4.69) is 65.4 Å². The summed E-state index contributed by atoms with van der Waals surface area (Å²) in [4.78, 5) is 7.56. The molecule has 0 atom stereocenters. The first-order valence-electron chi connectivity index (χ1n) is 7.55. The van der Waals surface area contributed by atoms with Crippen molar-refractivity contribution >= 4 is 22.7 Å². The molecule has 0 saturated heterocycles. The van der Waals surface area contributed by atoms with Crippen molar-refractivity contribution < 1.29 is 0 Å². The molecule has 23 heavy (non-hydrogen) atoms. The molecule has 5 rings (SSSR count). The van der Waals surface area contributed by atoms with Crippen molar-refractivity contribution in [1.29, 1.82) is 0 Å². The number of aromatic nitrogens is 1. The lowest BCUT2D eigenvalue weighted by Crippen LogP contribution is -2.29. The first-order valence-corrected chi connectivity index (χ1v) is 9.31. The Hall–Kier alpha value is -2.23. The van der Waals surface area contributed by atoms with Gasteiger partial charge in [0.25, 0.3) is 0 Å². The average molecular weight is 331 g/mol. The fourth-order valence-electron chi connectivity index (χ4n) is 3.71. The Morgan fingerprint density at radius 2 is 1.35 bits per heavy atom. The smallest absolute Gasteiger partial charge is 0.0902 e. The molecule has 0 unspecified atom stereocenters. The van der Waals surface area contributed by atoms with Gasteiger partial charge in [0.1, 0.15) is 0 Å². The monoisotopic (exact) mass is 331 g/mol. The Labute approximate surface area is 142 Å². The highest BCUT2D eigenvalue weighted by Gasteiger charge is 2.48. The van der Waals surface area contributed by atoms with E-state index in [1.807, 2.05) is 34.9 Å². The molecule has 1 aliphatic rings. The number of hydrogen-bond acceptors (Lipinski definition) is 3. The standard InChI is InChI=1S/C20H13NS2/c1-2-6-14(7-3-1)20(17-8-4-5-11-21-17)15-9-12-22-18(15)19-16(20)10-13-23-19/h1-13H. The van der Waals surface area contributed by atoms with E-state index in [-0.39, 0.29) is 5.41 Å². The third-order valence-electron chi connectivity index (χ3n) is 4.60. The lowest BCUT2D eigenvalue weighted by atomic mass is 9.71. The summed E-state index contributed by atoms with van der Waals surface area (Å²) in [5, 5.41) is 4.40. The minimum absolute atomic E-state index is 0.285. The minimum Gasteiger partial charge on any atom is -0.260 e. The highest BCUT2D eigenvalue weighted by molar-refractivity contribution is 7.21. The van der Waals surface area contributed by atoms with Crippen LogP contribution < -0.4 is 0 Å². The van der Waals surface area contributed by atoms with Crippen LogP contribution in [0.25, 0.3) is 9.75 Å². The molecule has 3 aromatic heterocycles. The summed E-state index contributed by atoms with van der Waals surface area (Å²) in [6.07, 6.45) is 1.90. The lowest BCUT2D eigenvalue weighted by molar-refractivity contribution is 0.738. The molecular weight excluding hydrogens is 318 g/mol. The Morgan fingerprint density at radius 3 is 1.96 bits per heavy atom. The molecule has 1 nitrogen and oxygen atoms in total. The van der Waals surface area contributed by atoms with E-state index in [1.54, 1.807) is 0 Å². The molecule has 1 aliphatic carbocycles. The molecule has 0 fully saturated rings. The van der Waals surface area contributed by atoms with Gasteiger partial charge in [0.2, 0.25) is 0 Å². The molecule has 1 aromatic carbocycles. The van der Waals surface area contributed by atoms with Crippen molar-refractivity contribution in [2.45, 2.75) is 5.41 Å². The predicted molar refractivity (Wildman–Crippen MR) is 97.3 cm³/mol. The van der Waals surface area contributed by atoms with Crippen LogP contribution in [0.3, 0.4) is 0 Å². The maximum Gasteiger partial charge on any atom is 0.0902 e. The molecule has 0 spiro atoms. The normalized spacial score (nSPS) is 14.4. The zero-order valence-electron chi connectivity index (χ0n) is 12.3. The fourth-order valence-corrected chi connectivity index (χ4v) is 5.81. The van der Waals surface area contributed by atoms with E-state index in [9.17, 15) is 0 Å². The summed E-state index contributed by atoms with van der Waals surface area (Å²) in [6.45, 7) is 0. The molecule has 0 aliphatic heterocycles. The van der Waals surface area contributed by atoms with Gasteiger partial charge in [-0.05, 0) is 51.7 Å². The molecule has 4 aromatic rings.